The molecule has 30 heavy (non-hydrogen) atoms. The van der Waals surface area contributed by atoms with Gasteiger partial charge in [0.25, 0.3) is 5.91 Å². The lowest BCUT2D eigenvalue weighted by Crippen LogP contribution is -2.39. The Bertz CT molecular complexity index is 1090. The van der Waals surface area contributed by atoms with E-state index in [0.717, 1.165) is 12.1 Å². The van der Waals surface area contributed by atoms with Crippen molar-refractivity contribution in [1.82, 2.24) is 20.4 Å². The van der Waals surface area contributed by atoms with Gasteiger partial charge in [0.15, 0.2) is 5.69 Å². The number of amides is 2. The van der Waals surface area contributed by atoms with E-state index in [9.17, 15) is 22.8 Å². The fraction of sp³-hybridized carbons (Fsp3) is 0.286. The van der Waals surface area contributed by atoms with Gasteiger partial charge in [0.1, 0.15) is 0 Å². The molecule has 0 aliphatic carbocycles. The molecule has 2 aromatic carbocycles. The molecular weight excluding hydrogens is 397 g/mol. The number of fused-ring (bicyclic) bond motifs is 1. The quantitative estimate of drug-likeness (QED) is 0.666. The number of nitrogens with zero attached hydrogens (tertiary/aromatic N) is 2. The highest BCUT2D eigenvalue weighted by Gasteiger charge is 2.32. The third-order valence-corrected chi connectivity index (χ3v) is 5.18. The first-order chi connectivity index (χ1) is 14.3. The molecule has 1 saturated heterocycles. The molecule has 4 rings (SSSR count). The van der Waals surface area contributed by atoms with Crippen LogP contribution in [0.3, 0.4) is 0 Å². The second kappa shape index (κ2) is 7.81. The number of hydrogen-bond acceptors (Lipinski definition) is 3. The van der Waals surface area contributed by atoms with Crippen LogP contribution >= 0.6 is 0 Å². The maximum Gasteiger partial charge on any atom is 0.416 e. The van der Waals surface area contributed by atoms with Crippen molar-refractivity contribution in [3.63, 3.8) is 0 Å². The van der Waals surface area contributed by atoms with Crippen LogP contribution < -0.4 is 5.32 Å². The van der Waals surface area contributed by atoms with Gasteiger partial charge in [0.2, 0.25) is 5.91 Å². The maximum atomic E-state index is 13.2. The first-order valence-corrected chi connectivity index (χ1v) is 9.52. The summed E-state index contributed by atoms with van der Waals surface area (Å²) in [6, 6.07) is 11.1. The zero-order valence-corrected chi connectivity index (χ0v) is 15.9. The molecule has 2 heterocycles. The van der Waals surface area contributed by atoms with Crippen molar-refractivity contribution in [2.45, 2.75) is 25.1 Å². The number of benzene rings is 2. The van der Waals surface area contributed by atoms with Crippen LogP contribution in [0.4, 0.5) is 13.2 Å². The molecule has 0 radical (unpaired) electrons. The van der Waals surface area contributed by atoms with Gasteiger partial charge in [0, 0.05) is 24.9 Å². The van der Waals surface area contributed by atoms with Gasteiger partial charge in [-0.25, -0.2) is 0 Å². The summed E-state index contributed by atoms with van der Waals surface area (Å²) in [5.74, 6) is -0.604. The second-order valence-electron chi connectivity index (χ2n) is 7.21. The van der Waals surface area contributed by atoms with Crippen molar-refractivity contribution in [3.05, 3.63) is 65.4 Å². The lowest BCUT2D eigenvalue weighted by atomic mass is 10.0. The zero-order valence-electron chi connectivity index (χ0n) is 15.9. The van der Waals surface area contributed by atoms with Crippen LogP contribution in [0, 0.1) is 0 Å². The number of hydrogen-bond donors (Lipinski definition) is 2. The Morgan fingerprint density at radius 3 is 2.73 bits per heavy atom. The van der Waals surface area contributed by atoms with Gasteiger partial charge in [-0.1, -0.05) is 30.3 Å². The molecule has 0 spiro atoms. The Kier molecular flexibility index (Phi) is 5.19. The second-order valence-corrected chi connectivity index (χ2v) is 7.21. The van der Waals surface area contributed by atoms with E-state index in [2.05, 4.69) is 15.5 Å². The summed E-state index contributed by atoms with van der Waals surface area (Å²) in [4.78, 5) is 26.6. The molecule has 3 aromatic rings. The lowest BCUT2D eigenvalue weighted by Gasteiger charge is -2.25. The highest BCUT2D eigenvalue weighted by atomic mass is 19.4. The molecule has 156 valence electrons. The highest BCUT2D eigenvalue weighted by Crippen LogP contribution is 2.31. The summed E-state index contributed by atoms with van der Waals surface area (Å²) < 4.78 is 39.6. The zero-order chi connectivity index (χ0) is 21.3. The molecule has 2 amide bonds. The number of likely N-dealkylation sites (tertiary alicyclic amines) is 1. The number of nitrogens with one attached hydrogen (secondary N) is 2. The van der Waals surface area contributed by atoms with E-state index in [1.807, 2.05) is 0 Å². The van der Waals surface area contributed by atoms with Gasteiger partial charge >= 0.3 is 6.18 Å². The molecule has 2 N–H and O–H groups in total. The highest BCUT2D eigenvalue weighted by molar-refractivity contribution is 6.04. The molecule has 1 aliphatic heterocycles. The van der Waals surface area contributed by atoms with Crippen molar-refractivity contribution in [3.8, 4) is 0 Å². The first-order valence-electron chi connectivity index (χ1n) is 9.52. The third kappa shape index (κ3) is 4.00. The smallest absolute Gasteiger partial charge is 0.342 e. The number of aromatic amines is 1. The Labute approximate surface area is 170 Å². The molecular formula is C21H19F3N4O2. The predicted octanol–water partition coefficient (Wildman–Crippen LogP) is 3.68. The topological polar surface area (TPSA) is 78.1 Å². The Morgan fingerprint density at radius 1 is 1.20 bits per heavy atom. The Morgan fingerprint density at radius 2 is 2.00 bits per heavy atom. The van der Waals surface area contributed by atoms with Crippen LogP contribution in [0.5, 0.6) is 0 Å². The van der Waals surface area contributed by atoms with Crippen molar-refractivity contribution in [1.29, 1.82) is 0 Å². The average molecular weight is 416 g/mol. The summed E-state index contributed by atoms with van der Waals surface area (Å²) in [5, 5.41) is 10.2. The minimum atomic E-state index is -4.51. The Hall–Kier alpha value is -3.36. The van der Waals surface area contributed by atoms with E-state index < -0.39 is 23.7 Å². The number of carbonyl (C=O) groups is 2. The minimum Gasteiger partial charge on any atom is -0.342 e. The van der Waals surface area contributed by atoms with Crippen molar-refractivity contribution in [2.24, 2.45) is 0 Å². The summed E-state index contributed by atoms with van der Waals surface area (Å²) in [7, 11) is 0. The Balaban J connectivity index is 1.65. The summed E-state index contributed by atoms with van der Waals surface area (Å²) in [6.45, 7) is 0.601. The lowest BCUT2D eigenvalue weighted by molar-refractivity contribution is -0.137. The van der Waals surface area contributed by atoms with Crippen LogP contribution in [0.15, 0.2) is 48.5 Å². The number of carbonyl (C=O) groups excluding carboxylic acids is 2. The van der Waals surface area contributed by atoms with E-state index >= 15 is 0 Å². The molecule has 0 bridgehead atoms. The largest absolute Gasteiger partial charge is 0.416 e. The van der Waals surface area contributed by atoms with Crippen LogP contribution in [-0.2, 0) is 11.0 Å². The predicted molar refractivity (Wildman–Crippen MR) is 104 cm³/mol. The standard InChI is InChI=1S/C21H19F3N4O2/c22-21(23,24)14-6-3-5-13(11-14)17(12-28-10-4-9-18(28)29)25-20(30)19-15-7-1-2-8-16(15)26-27-19/h1-3,5-8,11,17H,4,9-10,12H2,(H,25,30)(H,26,27)/t17-/m1/s1. The van der Waals surface area contributed by atoms with Crippen molar-refractivity contribution < 1.29 is 22.8 Å². The molecule has 1 fully saturated rings. The molecule has 0 saturated carbocycles. The minimum absolute atomic E-state index is 0.0774. The molecule has 1 aromatic heterocycles. The summed E-state index contributed by atoms with van der Waals surface area (Å²) >= 11 is 0. The number of rotatable bonds is 5. The van der Waals surface area contributed by atoms with Gasteiger partial charge in [0.05, 0.1) is 17.1 Å². The van der Waals surface area contributed by atoms with Gasteiger partial charge in [-0.2, -0.15) is 18.3 Å². The van der Waals surface area contributed by atoms with Crippen LogP contribution in [0.2, 0.25) is 0 Å². The molecule has 0 unspecified atom stereocenters. The number of aromatic nitrogens is 2. The number of alkyl halides is 3. The van der Waals surface area contributed by atoms with E-state index in [0.29, 0.717) is 30.3 Å². The normalized spacial score (nSPS) is 15.6. The first kappa shape index (κ1) is 19.9. The number of halogens is 3. The fourth-order valence-corrected chi connectivity index (χ4v) is 3.65. The van der Waals surface area contributed by atoms with Crippen LogP contribution in [0.25, 0.3) is 10.9 Å². The van der Waals surface area contributed by atoms with E-state index in [1.165, 1.54) is 12.1 Å². The van der Waals surface area contributed by atoms with E-state index in [-0.39, 0.29) is 23.7 Å². The molecule has 6 nitrogen and oxygen atoms in total. The summed E-state index contributed by atoms with van der Waals surface area (Å²) in [5.41, 5.74) is 0.290. The van der Waals surface area contributed by atoms with Gasteiger partial charge in [-0.15, -0.1) is 0 Å². The van der Waals surface area contributed by atoms with E-state index in [4.69, 9.17) is 0 Å². The monoisotopic (exact) mass is 416 g/mol. The van der Waals surface area contributed by atoms with Gasteiger partial charge in [-0.05, 0) is 30.2 Å². The maximum absolute atomic E-state index is 13.2. The third-order valence-electron chi connectivity index (χ3n) is 5.18. The number of H-pyrrole nitrogens is 1. The number of para-hydroxylation sites is 1. The fourth-order valence-electron chi connectivity index (χ4n) is 3.65. The van der Waals surface area contributed by atoms with Crippen LogP contribution in [0.1, 0.15) is 40.5 Å². The van der Waals surface area contributed by atoms with Crippen molar-refractivity contribution >= 4 is 22.7 Å². The van der Waals surface area contributed by atoms with Gasteiger partial charge < -0.3 is 10.2 Å². The van der Waals surface area contributed by atoms with Gasteiger partial charge in [-0.3, -0.25) is 14.7 Å². The average Bonchev–Trinajstić information content (AvgIpc) is 3.33. The SMILES string of the molecule is O=C(N[C@H](CN1CCCC1=O)c1cccc(C(F)(F)F)c1)c1n[nH]c2ccccc12. The molecule has 9 heteroatoms. The van der Waals surface area contributed by atoms with Crippen LogP contribution in [-0.4, -0.2) is 40.0 Å². The van der Waals surface area contributed by atoms with E-state index in [1.54, 1.807) is 29.2 Å². The summed E-state index contributed by atoms with van der Waals surface area (Å²) in [6.07, 6.45) is -3.42. The molecule has 1 atom stereocenters. The van der Waals surface area contributed by atoms with Crippen molar-refractivity contribution in [2.75, 3.05) is 13.1 Å². The molecule has 1 aliphatic rings.